The number of aliphatic hydroxyl groups is 1. The van der Waals surface area contributed by atoms with Crippen LogP contribution in [0.4, 0.5) is 0 Å². The van der Waals surface area contributed by atoms with Crippen LogP contribution in [-0.4, -0.2) is 43.9 Å². The highest BCUT2D eigenvalue weighted by atomic mass is 16.5. The van der Waals surface area contributed by atoms with Gasteiger partial charge in [-0.1, -0.05) is 13.3 Å². The van der Waals surface area contributed by atoms with Crippen LogP contribution < -0.4 is 10.6 Å². The molecule has 0 atom stereocenters. The summed E-state index contributed by atoms with van der Waals surface area (Å²) >= 11 is 0. The van der Waals surface area contributed by atoms with Gasteiger partial charge in [-0.15, -0.1) is 0 Å². The van der Waals surface area contributed by atoms with Crippen molar-refractivity contribution in [1.82, 2.24) is 10.6 Å². The number of hydrogen-bond donors (Lipinski definition) is 3. The zero-order valence-corrected chi connectivity index (χ0v) is 12.2. The summed E-state index contributed by atoms with van der Waals surface area (Å²) in [6, 6.07) is 1.84. The van der Waals surface area contributed by atoms with Gasteiger partial charge in [0.15, 0.2) is 0 Å². The topological polar surface area (TPSA) is 94.4 Å². The molecule has 0 radical (unpaired) electrons. The smallest absolute Gasteiger partial charge is 0.263 e. The van der Waals surface area contributed by atoms with Crippen LogP contribution in [0.15, 0.2) is 11.8 Å². The molecular formula is C14H25N3O3. The summed E-state index contributed by atoms with van der Waals surface area (Å²) in [7, 11) is 0. The first-order valence-electron chi connectivity index (χ1n) is 7.06. The Balaban J connectivity index is 3.74. The molecule has 114 valence electrons. The number of nitrogens with one attached hydrogen (secondary N) is 2. The number of ether oxygens (including phenoxy) is 1. The van der Waals surface area contributed by atoms with Crippen molar-refractivity contribution < 1.29 is 14.6 Å². The Morgan fingerprint density at radius 3 is 2.70 bits per heavy atom. The summed E-state index contributed by atoms with van der Waals surface area (Å²) in [6.07, 6.45) is 4.84. The highest BCUT2D eigenvalue weighted by Gasteiger charge is 2.07. The van der Waals surface area contributed by atoms with Crippen LogP contribution in [-0.2, 0) is 9.53 Å². The molecule has 6 nitrogen and oxygen atoms in total. The largest absolute Gasteiger partial charge is 0.396 e. The van der Waals surface area contributed by atoms with Crippen LogP contribution in [0.2, 0.25) is 0 Å². The molecule has 20 heavy (non-hydrogen) atoms. The highest BCUT2D eigenvalue weighted by Crippen LogP contribution is 1.92. The van der Waals surface area contributed by atoms with Gasteiger partial charge in [0.05, 0.1) is 0 Å². The lowest BCUT2D eigenvalue weighted by atomic mass is 10.3. The minimum absolute atomic E-state index is 0.0369. The third-order valence-corrected chi connectivity index (χ3v) is 2.48. The van der Waals surface area contributed by atoms with Crippen molar-refractivity contribution in [2.75, 3.05) is 32.9 Å². The lowest BCUT2D eigenvalue weighted by molar-refractivity contribution is -0.117. The Bertz CT molecular complexity index is 324. The second kappa shape index (κ2) is 13.8. The van der Waals surface area contributed by atoms with Crippen molar-refractivity contribution in [2.24, 2.45) is 0 Å². The molecule has 0 saturated carbocycles. The number of nitrogens with zero attached hydrogens (tertiary/aromatic N) is 1. The highest BCUT2D eigenvalue weighted by molar-refractivity contribution is 5.97. The van der Waals surface area contributed by atoms with Gasteiger partial charge in [-0.2, -0.15) is 5.26 Å². The number of rotatable bonds is 12. The molecule has 0 rings (SSSR count). The van der Waals surface area contributed by atoms with Gasteiger partial charge in [-0.25, -0.2) is 0 Å². The Morgan fingerprint density at radius 1 is 1.30 bits per heavy atom. The van der Waals surface area contributed by atoms with Crippen LogP contribution in [0.25, 0.3) is 0 Å². The van der Waals surface area contributed by atoms with Crippen molar-refractivity contribution in [1.29, 1.82) is 5.26 Å². The van der Waals surface area contributed by atoms with Gasteiger partial charge in [0, 0.05) is 39.1 Å². The molecule has 3 N–H and O–H groups in total. The number of carbonyl (C=O) groups is 1. The Hall–Kier alpha value is -1.58. The van der Waals surface area contributed by atoms with Gasteiger partial charge in [0.25, 0.3) is 5.91 Å². The first kappa shape index (κ1) is 18.4. The minimum atomic E-state index is -0.391. The molecule has 0 fully saturated rings. The monoisotopic (exact) mass is 283 g/mol. The SMILES string of the molecule is CCCCOCCCNC(=O)/C(C#N)=C\NCCCO. The average Bonchev–Trinajstić information content (AvgIpc) is 2.46. The fourth-order valence-corrected chi connectivity index (χ4v) is 1.32. The van der Waals surface area contributed by atoms with Crippen molar-refractivity contribution in [3.63, 3.8) is 0 Å². The van der Waals surface area contributed by atoms with Crippen LogP contribution in [0, 0.1) is 11.3 Å². The quantitative estimate of drug-likeness (QED) is 0.278. The second-order valence-electron chi connectivity index (χ2n) is 4.28. The van der Waals surface area contributed by atoms with Crippen LogP contribution in [0.5, 0.6) is 0 Å². The number of unbranched alkanes of at least 4 members (excludes halogenated alkanes) is 1. The normalized spacial score (nSPS) is 10.9. The molecule has 0 heterocycles. The minimum Gasteiger partial charge on any atom is -0.396 e. The zero-order chi connectivity index (χ0) is 15.1. The van der Waals surface area contributed by atoms with Gasteiger partial charge in [0.2, 0.25) is 0 Å². The average molecular weight is 283 g/mol. The summed E-state index contributed by atoms with van der Waals surface area (Å²) in [5.74, 6) is -0.391. The maximum atomic E-state index is 11.6. The number of hydrogen-bond acceptors (Lipinski definition) is 5. The van der Waals surface area contributed by atoms with E-state index in [2.05, 4.69) is 17.6 Å². The van der Waals surface area contributed by atoms with E-state index in [9.17, 15) is 4.79 Å². The molecule has 0 spiro atoms. The third-order valence-electron chi connectivity index (χ3n) is 2.48. The maximum absolute atomic E-state index is 11.6. The number of carbonyl (C=O) groups excluding carboxylic acids is 1. The molecule has 6 heteroatoms. The first-order valence-corrected chi connectivity index (χ1v) is 7.06. The molecule has 0 unspecified atom stereocenters. The Kier molecular flexibility index (Phi) is 12.7. The lowest BCUT2D eigenvalue weighted by Gasteiger charge is -2.05. The van der Waals surface area contributed by atoms with E-state index >= 15 is 0 Å². The van der Waals surface area contributed by atoms with E-state index in [-0.39, 0.29) is 12.2 Å². The van der Waals surface area contributed by atoms with E-state index in [4.69, 9.17) is 15.1 Å². The van der Waals surface area contributed by atoms with E-state index in [0.717, 1.165) is 25.9 Å². The van der Waals surface area contributed by atoms with Crippen molar-refractivity contribution in [3.05, 3.63) is 11.8 Å². The molecule has 0 aliphatic heterocycles. The molecule has 0 aromatic heterocycles. The summed E-state index contributed by atoms with van der Waals surface area (Å²) < 4.78 is 5.37. The summed E-state index contributed by atoms with van der Waals surface area (Å²) in [5.41, 5.74) is 0.0369. The van der Waals surface area contributed by atoms with Gasteiger partial charge >= 0.3 is 0 Å². The Morgan fingerprint density at radius 2 is 2.05 bits per heavy atom. The molecular weight excluding hydrogens is 258 g/mol. The van der Waals surface area contributed by atoms with E-state index < -0.39 is 5.91 Å². The van der Waals surface area contributed by atoms with Crippen molar-refractivity contribution >= 4 is 5.91 Å². The predicted octanol–water partition coefficient (Wildman–Crippen LogP) is 0.689. The molecule has 0 saturated heterocycles. The summed E-state index contributed by atoms with van der Waals surface area (Å²) in [4.78, 5) is 11.6. The third kappa shape index (κ3) is 10.4. The second-order valence-corrected chi connectivity index (χ2v) is 4.28. The van der Waals surface area contributed by atoms with Gasteiger partial charge in [-0.05, 0) is 19.3 Å². The number of nitriles is 1. The number of amides is 1. The van der Waals surface area contributed by atoms with Gasteiger partial charge in [0.1, 0.15) is 11.6 Å². The molecule has 0 aliphatic rings. The lowest BCUT2D eigenvalue weighted by Crippen LogP contribution is -2.27. The van der Waals surface area contributed by atoms with E-state index in [1.54, 1.807) is 0 Å². The van der Waals surface area contributed by atoms with Crippen LogP contribution in [0.3, 0.4) is 0 Å². The van der Waals surface area contributed by atoms with Crippen molar-refractivity contribution in [2.45, 2.75) is 32.6 Å². The van der Waals surface area contributed by atoms with E-state index in [0.29, 0.717) is 26.1 Å². The first-order chi connectivity index (χ1) is 9.76. The molecule has 0 aromatic carbocycles. The van der Waals surface area contributed by atoms with Crippen LogP contribution in [0.1, 0.15) is 32.6 Å². The van der Waals surface area contributed by atoms with Gasteiger partial charge in [-0.3, -0.25) is 4.79 Å². The Labute approximate surface area is 120 Å². The summed E-state index contributed by atoms with van der Waals surface area (Å²) in [6.45, 7) is 4.56. The van der Waals surface area contributed by atoms with E-state index in [1.165, 1.54) is 6.20 Å². The molecule has 0 bridgehead atoms. The predicted molar refractivity (Wildman–Crippen MR) is 76.8 cm³/mol. The van der Waals surface area contributed by atoms with Gasteiger partial charge < -0.3 is 20.5 Å². The maximum Gasteiger partial charge on any atom is 0.263 e. The zero-order valence-electron chi connectivity index (χ0n) is 12.2. The van der Waals surface area contributed by atoms with E-state index in [1.807, 2.05) is 6.07 Å². The fraction of sp³-hybridized carbons (Fsp3) is 0.714. The molecule has 1 amide bonds. The number of aliphatic hydroxyl groups excluding tert-OH is 1. The van der Waals surface area contributed by atoms with Crippen molar-refractivity contribution in [3.8, 4) is 6.07 Å². The van der Waals surface area contributed by atoms with Crippen LogP contribution >= 0.6 is 0 Å². The molecule has 0 aliphatic carbocycles. The summed E-state index contributed by atoms with van der Waals surface area (Å²) in [5, 5.41) is 22.9. The molecule has 0 aromatic rings. The standard InChI is InChI=1S/C14H25N3O3/c1-2-3-9-20-10-5-7-17-14(19)13(11-15)12-16-6-4-8-18/h12,16,18H,2-10H2,1H3,(H,17,19)/b13-12-. The fourth-order valence-electron chi connectivity index (χ4n) is 1.32.